The molecule has 0 aliphatic heterocycles. The molecule has 1 unspecified atom stereocenters. The Morgan fingerprint density at radius 2 is 1.80 bits per heavy atom. The van der Waals surface area contributed by atoms with Crippen LogP contribution in [0.25, 0.3) is 0 Å². The first-order valence-electron chi connectivity index (χ1n) is 6.11. The van der Waals surface area contributed by atoms with Crippen LogP contribution < -0.4 is 5.32 Å². The molecule has 2 rings (SSSR count). The second kappa shape index (κ2) is 5.96. The molecule has 20 heavy (non-hydrogen) atoms. The highest BCUT2D eigenvalue weighted by molar-refractivity contribution is 5.51. The Labute approximate surface area is 114 Å². The third-order valence-electron chi connectivity index (χ3n) is 3.08. The van der Waals surface area contributed by atoms with Gasteiger partial charge in [-0.05, 0) is 36.8 Å². The van der Waals surface area contributed by atoms with Crippen molar-refractivity contribution in [2.24, 2.45) is 0 Å². The first-order chi connectivity index (χ1) is 9.49. The van der Waals surface area contributed by atoms with E-state index in [1.54, 1.807) is 19.1 Å². The van der Waals surface area contributed by atoms with Crippen LogP contribution in [0.4, 0.5) is 18.9 Å². The molecule has 2 nitrogen and oxygen atoms in total. The molecular weight excluding hydrogens is 267 g/mol. The maximum atomic E-state index is 13.3. The Morgan fingerprint density at radius 1 is 1.05 bits per heavy atom. The minimum absolute atomic E-state index is 0.0648. The molecule has 2 aromatic carbocycles. The van der Waals surface area contributed by atoms with Crippen molar-refractivity contribution in [2.75, 3.05) is 11.9 Å². The molecule has 0 heterocycles. The number of nitrogens with one attached hydrogen (secondary N) is 1. The van der Waals surface area contributed by atoms with Gasteiger partial charge in [0, 0.05) is 17.8 Å². The first-order valence-corrected chi connectivity index (χ1v) is 6.11. The summed E-state index contributed by atoms with van der Waals surface area (Å²) in [5, 5.41) is 12.8. The number of halogens is 3. The molecule has 0 amide bonds. The van der Waals surface area contributed by atoms with E-state index in [1.807, 2.05) is 0 Å². The van der Waals surface area contributed by atoms with E-state index in [0.717, 1.165) is 12.1 Å². The summed E-state index contributed by atoms with van der Waals surface area (Å²) in [6.07, 6.45) is -1.02. The van der Waals surface area contributed by atoms with Gasteiger partial charge in [0.25, 0.3) is 0 Å². The van der Waals surface area contributed by atoms with Gasteiger partial charge >= 0.3 is 0 Å². The van der Waals surface area contributed by atoms with E-state index in [-0.39, 0.29) is 17.9 Å². The van der Waals surface area contributed by atoms with Crippen molar-refractivity contribution in [3.63, 3.8) is 0 Å². The predicted octanol–water partition coefficient (Wildman–Crippen LogP) is 3.56. The quantitative estimate of drug-likeness (QED) is 0.898. The summed E-state index contributed by atoms with van der Waals surface area (Å²) in [5.41, 5.74) is 1.24. The fourth-order valence-electron chi connectivity index (χ4n) is 1.84. The molecule has 106 valence electrons. The van der Waals surface area contributed by atoms with E-state index >= 15 is 0 Å². The highest BCUT2D eigenvalue weighted by Gasteiger charge is 2.11. The van der Waals surface area contributed by atoms with Gasteiger partial charge in [0.05, 0.1) is 6.10 Å². The molecule has 5 heteroatoms. The van der Waals surface area contributed by atoms with Crippen molar-refractivity contribution < 1.29 is 18.3 Å². The van der Waals surface area contributed by atoms with Crippen LogP contribution in [0, 0.1) is 24.4 Å². The van der Waals surface area contributed by atoms with Crippen LogP contribution in [0.2, 0.25) is 0 Å². The molecule has 0 radical (unpaired) electrons. The number of benzene rings is 2. The molecule has 1 atom stereocenters. The van der Waals surface area contributed by atoms with Gasteiger partial charge in [0.2, 0.25) is 0 Å². The lowest BCUT2D eigenvalue weighted by Crippen LogP contribution is -2.13. The lowest BCUT2D eigenvalue weighted by molar-refractivity contribution is 0.191. The van der Waals surface area contributed by atoms with E-state index in [9.17, 15) is 18.3 Å². The van der Waals surface area contributed by atoms with Gasteiger partial charge in [-0.2, -0.15) is 0 Å². The van der Waals surface area contributed by atoms with E-state index in [2.05, 4.69) is 5.32 Å². The highest BCUT2D eigenvalue weighted by atomic mass is 19.2. The Kier molecular flexibility index (Phi) is 4.29. The smallest absolute Gasteiger partial charge is 0.159 e. The zero-order chi connectivity index (χ0) is 14.7. The minimum atomic E-state index is -1.02. The average molecular weight is 281 g/mol. The fraction of sp³-hybridized carbons (Fsp3) is 0.200. The highest BCUT2D eigenvalue weighted by Crippen LogP contribution is 2.20. The van der Waals surface area contributed by atoms with Crippen LogP contribution in [0.5, 0.6) is 0 Å². The van der Waals surface area contributed by atoms with Crippen molar-refractivity contribution in [1.29, 1.82) is 0 Å². The fourth-order valence-corrected chi connectivity index (χ4v) is 1.84. The van der Waals surface area contributed by atoms with Crippen LogP contribution in [0.15, 0.2) is 36.4 Å². The Hall–Kier alpha value is -2.01. The van der Waals surface area contributed by atoms with Crippen molar-refractivity contribution in [3.8, 4) is 0 Å². The molecule has 0 bridgehead atoms. The van der Waals surface area contributed by atoms with E-state index in [0.29, 0.717) is 11.3 Å². The van der Waals surface area contributed by atoms with Crippen LogP contribution in [0.1, 0.15) is 17.2 Å². The number of rotatable bonds is 4. The Morgan fingerprint density at radius 3 is 2.50 bits per heavy atom. The van der Waals surface area contributed by atoms with Gasteiger partial charge in [-0.1, -0.05) is 12.1 Å². The molecule has 2 N–H and O–H groups in total. The van der Waals surface area contributed by atoms with Gasteiger partial charge in [-0.25, -0.2) is 13.2 Å². The number of hydrogen-bond donors (Lipinski definition) is 2. The molecule has 0 fully saturated rings. The zero-order valence-electron chi connectivity index (χ0n) is 10.8. The third-order valence-corrected chi connectivity index (χ3v) is 3.08. The molecule has 0 aliphatic rings. The lowest BCUT2D eigenvalue weighted by Gasteiger charge is -2.15. The molecular formula is C15H14F3NO. The molecule has 0 aromatic heterocycles. The number of aliphatic hydroxyl groups is 1. The molecule has 0 saturated carbocycles. The summed E-state index contributed by atoms with van der Waals surface area (Å²) >= 11 is 0. The number of aliphatic hydroxyl groups excluding tert-OH is 1. The lowest BCUT2D eigenvalue weighted by atomic mass is 10.1. The van der Waals surface area contributed by atoms with Crippen molar-refractivity contribution >= 4 is 5.69 Å². The summed E-state index contributed by atoms with van der Waals surface area (Å²) in [6, 6.07) is 7.78. The molecule has 0 spiro atoms. The summed E-state index contributed by atoms with van der Waals surface area (Å²) in [6.45, 7) is 1.68. The standard InChI is InChI=1S/C15H14F3NO/c1-9-11(16)3-2-4-14(9)19-8-15(20)10-5-6-12(17)13(18)7-10/h2-7,15,19-20H,8H2,1H3. The maximum absolute atomic E-state index is 13.3. The van der Waals surface area contributed by atoms with Gasteiger partial charge in [-0.3, -0.25) is 0 Å². The van der Waals surface area contributed by atoms with Crippen LogP contribution in [-0.2, 0) is 0 Å². The van der Waals surface area contributed by atoms with E-state index < -0.39 is 17.7 Å². The maximum Gasteiger partial charge on any atom is 0.159 e. The third kappa shape index (κ3) is 3.11. The summed E-state index contributed by atoms with van der Waals surface area (Å²) in [5.74, 6) is -2.32. The Bertz CT molecular complexity index is 616. The second-order valence-electron chi connectivity index (χ2n) is 4.48. The molecule has 0 saturated heterocycles. The zero-order valence-corrected chi connectivity index (χ0v) is 10.8. The van der Waals surface area contributed by atoms with Crippen molar-refractivity contribution in [2.45, 2.75) is 13.0 Å². The van der Waals surface area contributed by atoms with Gasteiger partial charge in [0.1, 0.15) is 5.82 Å². The number of anilines is 1. The van der Waals surface area contributed by atoms with Gasteiger partial charge < -0.3 is 10.4 Å². The second-order valence-corrected chi connectivity index (χ2v) is 4.48. The summed E-state index contributed by atoms with van der Waals surface area (Å²) in [7, 11) is 0. The van der Waals surface area contributed by atoms with Crippen LogP contribution in [0.3, 0.4) is 0 Å². The normalized spacial score (nSPS) is 12.2. The van der Waals surface area contributed by atoms with Crippen molar-refractivity contribution in [1.82, 2.24) is 0 Å². The van der Waals surface area contributed by atoms with Crippen LogP contribution >= 0.6 is 0 Å². The van der Waals surface area contributed by atoms with Crippen molar-refractivity contribution in [3.05, 3.63) is 65.0 Å². The summed E-state index contributed by atoms with van der Waals surface area (Å²) < 4.78 is 39.2. The van der Waals surface area contributed by atoms with E-state index in [1.165, 1.54) is 12.1 Å². The average Bonchev–Trinajstić information content (AvgIpc) is 2.43. The van der Waals surface area contributed by atoms with Gasteiger partial charge in [-0.15, -0.1) is 0 Å². The number of hydrogen-bond acceptors (Lipinski definition) is 2. The topological polar surface area (TPSA) is 32.3 Å². The monoisotopic (exact) mass is 281 g/mol. The minimum Gasteiger partial charge on any atom is -0.387 e. The largest absolute Gasteiger partial charge is 0.387 e. The SMILES string of the molecule is Cc1c(F)cccc1NCC(O)c1ccc(F)c(F)c1. The first kappa shape index (κ1) is 14.4. The molecule has 2 aromatic rings. The van der Waals surface area contributed by atoms with Crippen LogP contribution in [-0.4, -0.2) is 11.7 Å². The predicted molar refractivity (Wildman–Crippen MR) is 70.9 cm³/mol. The molecule has 0 aliphatic carbocycles. The Balaban J connectivity index is 2.06. The van der Waals surface area contributed by atoms with E-state index in [4.69, 9.17) is 0 Å². The summed E-state index contributed by atoms with van der Waals surface area (Å²) in [4.78, 5) is 0. The van der Waals surface area contributed by atoms with Gasteiger partial charge in [0.15, 0.2) is 11.6 Å².